The van der Waals surface area contributed by atoms with Crippen LogP contribution >= 0.6 is 47.0 Å². The largest absolute Gasteiger partial charge is 0.457 e. The first-order valence-corrected chi connectivity index (χ1v) is 9.41. The van der Waals surface area contributed by atoms with Gasteiger partial charge in [0.1, 0.15) is 17.3 Å². The molecular weight excluding hydrogens is 441 g/mol. The van der Waals surface area contributed by atoms with Crippen molar-refractivity contribution < 1.29 is 9.21 Å². The van der Waals surface area contributed by atoms with E-state index in [0.717, 1.165) is 5.56 Å². The predicted molar refractivity (Wildman–Crippen MR) is 117 cm³/mol. The third-order valence-electron chi connectivity index (χ3n) is 3.38. The minimum Gasteiger partial charge on any atom is -0.457 e. The second-order valence-corrected chi connectivity index (χ2v) is 7.22. The highest BCUT2D eigenvalue weighted by Gasteiger charge is 2.07. The van der Waals surface area contributed by atoms with Gasteiger partial charge >= 0.3 is 0 Å². The highest BCUT2D eigenvalue weighted by Crippen LogP contribution is 2.28. The summed E-state index contributed by atoms with van der Waals surface area (Å²) < 4.78 is 5.69. The zero-order valence-electron chi connectivity index (χ0n) is 14.1. The van der Waals surface area contributed by atoms with E-state index >= 15 is 0 Å². The summed E-state index contributed by atoms with van der Waals surface area (Å²) in [5.41, 5.74) is 0.738. The molecule has 9 heteroatoms. The number of benzene rings is 1. The van der Waals surface area contributed by atoms with Crippen LogP contribution in [0.15, 0.2) is 59.2 Å². The highest BCUT2D eigenvalue weighted by atomic mass is 35.5. The Bertz CT molecular complexity index is 1030. The van der Waals surface area contributed by atoms with Crippen molar-refractivity contribution in [1.29, 1.82) is 0 Å². The number of nitrogens with one attached hydrogen (secondary N) is 2. The van der Waals surface area contributed by atoms with E-state index in [9.17, 15) is 4.79 Å². The zero-order valence-corrected chi connectivity index (χ0v) is 17.2. The maximum Gasteiger partial charge on any atom is 0.250 e. The van der Waals surface area contributed by atoms with E-state index < -0.39 is 5.91 Å². The summed E-state index contributed by atoms with van der Waals surface area (Å²) in [4.78, 5) is 16.0. The van der Waals surface area contributed by atoms with Gasteiger partial charge in [0.2, 0.25) is 5.91 Å². The lowest BCUT2D eigenvalue weighted by Gasteiger charge is -2.06. The number of hydrogen-bond donors (Lipinski definition) is 2. The second kappa shape index (κ2) is 9.21. The molecule has 3 rings (SSSR count). The van der Waals surface area contributed by atoms with E-state index in [4.69, 9.17) is 51.4 Å². The van der Waals surface area contributed by atoms with Gasteiger partial charge in [0.25, 0.3) is 0 Å². The molecule has 0 fully saturated rings. The van der Waals surface area contributed by atoms with Crippen LogP contribution in [0.5, 0.6) is 0 Å². The topological polar surface area (TPSA) is 67.2 Å². The van der Waals surface area contributed by atoms with E-state index in [1.165, 1.54) is 18.3 Å². The first kappa shape index (κ1) is 20.4. The number of carbonyl (C=O) groups is 1. The molecule has 5 nitrogen and oxygen atoms in total. The molecule has 0 aliphatic carbocycles. The van der Waals surface area contributed by atoms with Crippen LogP contribution in [0.4, 0.5) is 5.82 Å². The summed E-state index contributed by atoms with van der Waals surface area (Å²) in [5.74, 6) is 1.11. The molecule has 0 aliphatic heterocycles. The summed E-state index contributed by atoms with van der Waals surface area (Å²) in [6, 6.07) is 11.9. The minimum atomic E-state index is -0.421. The van der Waals surface area contributed by atoms with Crippen LogP contribution in [-0.2, 0) is 4.79 Å². The molecule has 0 saturated heterocycles. The van der Waals surface area contributed by atoms with Crippen LogP contribution < -0.4 is 10.6 Å². The Kier molecular flexibility index (Phi) is 6.70. The molecule has 0 aliphatic rings. The lowest BCUT2D eigenvalue weighted by Crippen LogP contribution is -2.33. The minimum absolute atomic E-state index is 0.109. The molecule has 2 heterocycles. The average molecular weight is 453 g/mol. The van der Waals surface area contributed by atoms with Gasteiger partial charge in [0.15, 0.2) is 5.11 Å². The van der Waals surface area contributed by atoms with E-state index in [1.807, 2.05) is 0 Å². The smallest absolute Gasteiger partial charge is 0.250 e. The van der Waals surface area contributed by atoms with Crippen LogP contribution in [0.1, 0.15) is 5.76 Å². The number of rotatable bonds is 4. The number of nitrogens with zero attached hydrogens (tertiary/aromatic N) is 1. The van der Waals surface area contributed by atoms with E-state index in [-0.39, 0.29) is 5.11 Å². The summed E-state index contributed by atoms with van der Waals surface area (Å²) in [6.07, 6.45) is 4.29. The molecule has 0 spiro atoms. The average Bonchev–Trinajstić information content (AvgIpc) is 3.10. The Morgan fingerprint density at radius 2 is 1.79 bits per heavy atom. The SMILES string of the molecule is O=C(/C=C/c1ccc(-c2cc(Cl)cc(Cl)c2)o1)NC(=S)Nc1ccc(Cl)cn1. The zero-order chi connectivity index (χ0) is 20.1. The molecule has 1 amide bonds. The van der Waals surface area contributed by atoms with Crippen molar-refractivity contribution in [2.75, 3.05) is 5.32 Å². The van der Waals surface area contributed by atoms with Crippen LogP contribution in [0, 0.1) is 0 Å². The van der Waals surface area contributed by atoms with Gasteiger partial charge in [0, 0.05) is 27.9 Å². The fourth-order valence-corrected chi connectivity index (χ4v) is 3.05. The number of thiocarbonyl (C=S) groups is 1. The van der Waals surface area contributed by atoms with Crippen molar-refractivity contribution in [2.24, 2.45) is 0 Å². The Balaban J connectivity index is 1.59. The predicted octanol–water partition coefficient (Wildman–Crippen LogP) is 5.83. The number of furan rings is 1. The van der Waals surface area contributed by atoms with Gasteiger partial charge in [-0.2, -0.15) is 0 Å². The molecule has 0 radical (unpaired) electrons. The fraction of sp³-hybridized carbons (Fsp3) is 0. The van der Waals surface area contributed by atoms with Crippen molar-refractivity contribution in [3.63, 3.8) is 0 Å². The molecule has 2 aromatic heterocycles. The summed E-state index contributed by atoms with van der Waals surface area (Å²) >= 11 is 22.8. The molecule has 0 saturated carbocycles. The monoisotopic (exact) mass is 451 g/mol. The number of halogens is 3. The van der Waals surface area contributed by atoms with Gasteiger partial charge in [-0.15, -0.1) is 0 Å². The third kappa shape index (κ3) is 5.81. The van der Waals surface area contributed by atoms with Gasteiger partial charge in [-0.1, -0.05) is 34.8 Å². The molecule has 0 atom stereocenters. The summed E-state index contributed by atoms with van der Waals surface area (Å²) in [6.45, 7) is 0. The lowest BCUT2D eigenvalue weighted by molar-refractivity contribution is -0.115. The van der Waals surface area contributed by atoms with Gasteiger partial charge in [-0.3, -0.25) is 10.1 Å². The van der Waals surface area contributed by atoms with E-state index in [1.54, 1.807) is 42.5 Å². The second-order valence-electron chi connectivity index (χ2n) is 5.50. The number of aromatic nitrogens is 1. The van der Waals surface area contributed by atoms with Gasteiger partial charge in [-0.05, 0) is 60.8 Å². The van der Waals surface area contributed by atoms with Crippen molar-refractivity contribution in [2.45, 2.75) is 0 Å². The molecular formula is C19H12Cl3N3O2S. The molecule has 28 heavy (non-hydrogen) atoms. The number of carbonyl (C=O) groups excluding carboxylic acids is 1. The number of anilines is 1. The quantitative estimate of drug-likeness (QED) is 0.385. The lowest BCUT2D eigenvalue weighted by atomic mass is 10.2. The first-order valence-electron chi connectivity index (χ1n) is 7.87. The van der Waals surface area contributed by atoms with Gasteiger partial charge in [-0.25, -0.2) is 4.98 Å². The molecule has 142 valence electrons. The van der Waals surface area contributed by atoms with E-state index in [2.05, 4.69) is 15.6 Å². The van der Waals surface area contributed by atoms with Crippen molar-refractivity contribution in [1.82, 2.24) is 10.3 Å². The van der Waals surface area contributed by atoms with Gasteiger partial charge in [0.05, 0.1) is 5.02 Å². The van der Waals surface area contributed by atoms with Gasteiger partial charge < -0.3 is 9.73 Å². The molecule has 2 N–H and O–H groups in total. The normalized spacial score (nSPS) is 10.8. The molecule has 0 unspecified atom stereocenters. The van der Waals surface area contributed by atoms with Crippen molar-refractivity contribution >= 4 is 69.9 Å². The number of amides is 1. The Labute approximate surface area is 181 Å². The standard InChI is InChI=1S/C19H12Cl3N3O2S/c20-12-1-5-17(23-10-12)24-19(28)25-18(26)6-3-15-2-4-16(27-15)11-7-13(21)9-14(22)8-11/h1-10H,(H2,23,24,25,26,28)/b6-3+. The van der Waals surface area contributed by atoms with E-state index in [0.29, 0.717) is 32.4 Å². The maximum absolute atomic E-state index is 12.0. The van der Waals surface area contributed by atoms with Crippen LogP contribution in [-0.4, -0.2) is 16.0 Å². The van der Waals surface area contributed by atoms with Crippen molar-refractivity contribution in [3.05, 3.63) is 75.6 Å². The first-order chi connectivity index (χ1) is 13.4. The van der Waals surface area contributed by atoms with Crippen LogP contribution in [0.25, 0.3) is 17.4 Å². The Hall–Kier alpha value is -2.38. The molecule has 0 bridgehead atoms. The number of hydrogen-bond acceptors (Lipinski definition) is 4. The van der Waals surface area contributed by atoms with Crippen molar-refractivity contribution in [3.8, 4) is 11.3 Å². The fourth-order valence-electron chi connectivity index (χ4n) is 2.20. The Morgan fingerprint density at radius 1 is 1.04 bits per heavy atom. The molecule has 3 aromatic rings. The third-order valence-corrected chi connectivity index (χ3v) is 4.24. The summed E-state index contributed by atoms with van der Waals surface area (Å²) in [7, 11) is 0. The van der Waals surface area contributed by atoms with Crippen LogP contribution in [0.2, 0.25) is 15.1 Å². The highest BCUT2D eigenvalue weighted by molar-refractivity contribution is 7.80. The Morgan fingerprint density at radius 3 is 2.46 bits per heavy atom. The van der Waals surface area contributed by atoms with Crippen LogP contribution in [0.3, 0.4) is 0 Å². The summed E-state index contributed by atoms with van der Waals surface area (Å²) in [5, 5.41) is 6.92. The maximum atomic E-state index is 12.0. The molecule has 1 aromatic carbocycles. The number of pyridine rings is 1.